The molecule has 16 heavy (non-hydrogen) atoms. The van der Waals surface area contributed by atoms with Crippen LogP contribution in [0, 0.1) is 5.92 Å². The second kappa shape index (κ2) is 6.02. The van der Waals surface area contributed by atoms with E-state index in [0.717, 1.165) is 38.5 Å². The average molecular weight is 220 g/mol. The Kier molecular flexibility index (Phi) is 4.37. The summed E-state index contributed by atoms with van der Waals surface area (Å²) in [5, 5.41) is 9.02. The molecule has 0 saturated heterocycles. The first kappa shape index (κ1) is 11.6. The van der Waals surface area contributed by atoms with Gasteiger partial charge in [0.2, 0.25) is 0 Å². The van der Waals surface area contributed by atoms with Crippen LogP contribution in [-0.2, 0) is 4.89 Å². The fourth-order valence-corrected chi connectivity index (χ4v) is 2.48. The first-order valence-corrected chi connectivity index (χ1v) is 6.20. The zero-order chi connectivity index (χ0) is 11.2. The van der Waals surface area contributed by atoms with E-state index in [2.05, 4.69) is 35.3 Å². The van der Waals surface area contributed by atoms with Crippen molar-refractivity contribution in [2.45, 2.75) is 44.6 Å². The van der Waals surface area contributed by atoms with E-state index in [9.17, 15) is 0 Å². The lowest BCUT2D eigenvalue weighted by Gasteiger charge is -2.24. The zero-order valence-electron chi connectivity index (χ0n) is 9.64. The van der Waals surface area contributed by atoms with Crippen LogP contribution in [-0.4, -0.2) is 11.4 Å². The molecule has 0 aromatic rings. The van der Waals surface area contributed by atoms with Crippen molar-refractivity contribution in [1.29, 1.82) is 0 Å². The quantitative estimate of drug-likeness (QED) is 0.444. The fourth-order valence-electron chi connectivity index (χ4n) is 2.48. The Labute approximate surface area is 97.2 Å². The predicted molar refractivity (Wildman–Crippen MR) is 65.1 cm³/mol. The Bertz CT molecular complexity index is 302. The van der Waals surface area contributed by atoms with Gasteiger partial charge in [-0.25, -0.2) is 4.89 Å². The molecular formula is C14H20O2. The van der Waals surface area contributed by atoms with Crippen molar-refractivity contribution in [2.24, 2.45) is 5.92 Å². The molecule has 0 heterocycles. The Hall–Kier alpha value is -0.860. The van der Waals surface area contributed by atoms with Crippen molar-refractivity contribution in [3.63, 3.8) is 0 Å². The summed E-state index contributed by atoms with van der Waals surface area (Å²) in [5.41, 5.74) is 1.40. The summed E-state index contributed by atoms with van der Waals surface area (Å²) >= 11 is 0. The molecular weight excluding hydrogens is 200 g/mol. The predicted octanol–water partition coefficient (Wildman–Crippen LogP) is 3.87. The molecule has 0 fully saturated rings. The van der Waals surface area contributed by atoms with Crippen molar-refractivity contribution >= 4 is 0 Å². The second-order valence-electron chi connectivity index (χ2n) is 4.65. The van der Waals surface area contributed by atoms with E-state index in [1.807, 2.05) is 0 Å². The van der Waals surface area contributed by atoms with Gasteiger partial charge in [0.05, 0.1) is 0 Å². The Morgan fingerprint density at radius 2 is 2.12 bits per heavy atom. The highest BCUT2D eigenvalue weighted by Crippen LogP contribution is 2.27. The van der Waals surface area contributed by atoms with E-state index in [1.165, 1.54) is 5.57 Å². The van der Waals surface area contributed by atoms with E-state index in [1.54, 1.807) is 0 Å². The third-order valence-electron chi connectivity index (χ3n) is 3.47. The molecule has 0 aliphatic heterocycles. The molecule has 2 heteroatoms. The van der Waals surface area contributed by atoms with Crippen LogP contribution < -0.4 is 0 Å². The third kappa shape index (κ3) is 3.06. The lowest BCUT2D eigenvalue weighted by molar-refractivity contribution is -0.277. The number of rotatable bonds is 3. The molecule has 0 amide bonds. The summed E-state index contributed by atoms with van der Waals surface area (Å²) < 4.78 is 0. The van der Waals surface area contributed by atoms with Crippen LogP contribution in [0.3, 0.4) is 0 Å². The van der Waals surface area contributed by atoms with Crippen LogP contribution in [0.4, 0.5) is 0 Å². The SMILES string of the molecule is OOC(C=C1CC=CCC1)C1CC=CCC1. The van der Waals surface area contributed by atoms with E-state index < -0.39 is 0 Å². The minimum Gasteiger partial charge on any atom is -0.251 e. The average Bonchev–Trinajstić information content (AvgIpc) is 2.38. The Balaban J connectivity index is 1.98. The number of hydrogen-bond acceptors (Lipinski definition) is 2. The highest BCUT2D eigenvalue weighted by Gasteiger charge is 2.21. The van der Waals surface area contributed by atoms with Crippen molar-refractivity contribution in [2.75, 3.05) is 0 Å². The van der Waals surface area contributed by atoms with Gasteiger partial charge in [0, 0.05) is 0 Å². The number of hydrogen-bond donors (Lipinski definition) is 1. The van der Waals surface area contributed by atoms with Crippen LogP contribution in [0.5, 0.6) is 0 Å². The first-order valence-electron chi connectivity index (χ1n) is 6.20. The second-order valence-corrected chi connectivity index (χ2v) is 4.65. The van der Waals surface area contributed by atoms with Gasteiger partial charge in [0.1, 0.15) is 6.10 Å². The smallest absolute Gasteiger partial charge is 0.114 e. The number of allylic oxidation sites excluding steroid dienone is 5. The molecule has 0 aromatic carbocycles. The van der Waals surface area contributed by atoms with Crippen LogP contribution in [0.25, 0.3) is 0 Å². The molecule has 0 spiro atoms. The summed E-state index contributed by atoms with van der Waals surface area (Å²) in [7, 11) is 0. The van der Waals surface area contributed by atoms with Gasteiger partial charge in [-0.1, -0.05) is 36.0 Å². The Morgan fingerprint density at radius 3 is 2.75 bits per heavy atom. The van der Waals surface area contributed by atoms with Crippen LogP contribution in [0.2, 0.25) is 0 Å². The normalized spacial score (nSPS) is 29.6. The Morgan fingerprint density at radius 1 is 1.25 bits per heavy atom. The molecule has 1 N–H and O–H groups in total. The van der Waals surface area contributed by atoms with Gasteiger partial charge in [0.25, 0.3) is 0 Å². The van der Waals surface area contributed by atoms with E-state index in [4.69, 9.17) is 5.26 Å². The van der Waals surface area contributed by atoms with Crippen molar-refractivity contribution in [1.82, 2.24) is 0 Å². The molecule has 0 saturated carbocycles. The molecule has 0 bridgehead atoms. The zero-order valence-corrected chi connectivity index (χ0v) is 9.64. The largest absolute Gasteiger partial charge is 0.251 e. The van der Waals surface area contributed by atoms with Gasteiger partial charge in [-0.05, 0) is 44.4 Å². The molecule has 2 atom stereocenters. The molecule has 2 unspecified atom stereocenters. The lowest BCUT2D eigenvalue weighted by Crippen LogP contribution is -2.22. The maximum Gasteiger partial charge on any atom is 0.114 e. The topological polar surface area (TPSA) is 29.5 Å². The van der Waals surface area contributed by atoms with Gasteiger partial charge in [-0.3, -0.25) is 5.26 Å². The molecule has 0 radical (unpaired) electrons. The van der Waals surface area contributed by atoms with Crippen molar-refractivity contribution < 1.29 is 10.1 Å². The lowest BCUT2D eigenvalue weighted by atomic mass is 9.87. The maximum absolute atomic E-state index is 9.02. The monoisotopic (exact) mass is 220 g/mol. The molecule has 2 aliphatic rings. The highest BCUT2D eigenvalue weighted by atomic mass is 17.1. The van der Waals surface area contributed by atoms with Crippen LogP contribution in [0.1, 0.15) is 38.5 Å². The third-order valence-corrected chi connectivity index (χ3v) is 3.47. The van der Waals surface area contributed by atoms with Gasteiger partial charge in [-0.15, -0.1) is 0 Å². The standard InChI is InChI=1S/C14H20O2/c15-16-14(13-9-5-2-6-10-13)11-12-7-3-1-4-8-12/h1-3,5,11,13-15H,4,6-10H2. The molecule has 0 aromatic heterocycles. The summed E-state index contributed by atoms with van der Waals surface area (Å²) in [6.07, 6.45) is 17.3. The summed E-state index contributed by atoms with van der Waals surface area (Å²) in [6.45, 7) is 0. The van der Waals surface area contributed by atoms with Gasteiger partial charge in [0.15, 0.2) is 0 Å². The molecule has 2 rings (SSSR count). The van der Waals surface area contributed by atoms with Crippen molar-refractivity contribution in [3.05, 3.63) is 36.0 Å². The van der Waals surface area contributed by atoms with E-state index in [0.29, 0.717) is 5.92 Å². The first-order chi connectivity index (χ1) is 7.90. The molecule has 2 nitrogen and oxygen atoms in total. The van der Waals surface area contributed by atoms with Gasteiger partial charge >= 0.3 is 0 Å². The summed E-state index contributed by atoms with van der Waals surface area (Å²) in [4.78, 5) is 4.66. The highest BCUT2D eigenvalue weighted by molar-refractivity contribution is 5.15. The van der Waals surface area contributed by atoms with Crippen molar-refractivity contribution in [3.8, 4) is 0 Å². The molecule has 88 valence electrons. The van der Waals surface area contributed by atoms with E-state index >= 15 is 0 Å². The summed E-state index contributed by atoms with van der Waals surface area (Å²) in [5.74, 6) is 0.438. The van der Waals surface area contributed by atoms with Crippen LogP contribution in [0.15, 0.2) is 36.0 Å². The van der Waals surface area contributed by atoms with E-state index in [-0.39, 0.29) is 6.10 Å². The minimum absolute atomic E-state index is 0.119. The summed E-state index contributed by atoms with van der Waals surface area (Å²) in [6, 6.07) is 0. The van der Waals surface area contributed by atoms with Gasteiger partial charge < -0.3 is 0 Å². The fraction of sp³-hybridized carbons (Fsp3) is 0.571. The minimum atomic E-state index is -0.119. The van der Waals surface area contributed by atoms with Gasteiger partial charge in [-0.2, -0.15) is 0 Å². The van der Waals surface area contributed by atoms with Crippen LogP contribution >= 0.6 is 0 Å². The molecule has 2 aliphatic carbocycles. The maximum atomic E-state index is 9.02.